The van der Waals surface area contributed by atoms with Crippen LogP contribution in [0, 0.1) is 0 Å². The summed E-state index contributed by atoms with van der Waals surface area (Å²) >= 11 is -2.05. The van der Waals surface area contributed by atoms with Crippen LogP contribution < -0.4 is 5.73 Å². The van der Waals surface area contributed by atoms with Crippen LogP contribution in [0.4, 0.5) is 0 Å². The number of nitrogens with two attached hydrogens (primary N) is 1. The summed E-state index contributed by atoms with van der Waals surface area (Å²) in [5, 5.41) is 0. The summed E-state index contributed by atoms with van der Waals surface area (Å²) in [6, 6.07) is 0.238. The molecule has 0 saturated heterocycles. The van der Waals surface area contributed by atoms with Crippen molar-refractivity contribution in [2.45, 2.75) is 92.0 Å². The van der Waals surface area contributed by atoms with E-state index < -0.39 is 18.4 Å². The first-order valence-electron chi connectivity index (χ1n) is 8.97. The van der Waals surface area contributed by atoms with Crippen molar-refractivity contribution in [3.8, 4) is 0 Å². The standard InChI is InChI=1S/C5H12NO.3C4H9.Sn/c1-3-5(6)4-7-2;3*1-3-4-2;/h5H,2-4,6H2,1H3;3*1,3-4H2,2H3;. The van der Waals surface area contributed by atoms with Crippen LogP contribution in [0.2, 0.25) is 13.3 Å². The molecule has 0 aliphatic carbocycles. The molecule has 0 aromatic heterocycles. The second-order valence-electron chi connectivity index (χ2n) is 6.49. The zero-order valence-electron chi connectivity index (χ0n) is 14.5. The van der Waals surface area contributed by atoms with E-state index in [1.54, 1.807) is 0 Å². The van der Waals surface area contributed by atoms with Crippen LogP contribution in [-0.2, 0) is 4.74 Å². The van der Waals surface area contributed by atoms with E-state index in [2.05, 4.69) is 27.7 Å². The third kappa shape index (κ3) is 9.62. The monoisotopic (exact) mass is 393 g/mol. The molecule has 0 aromatic rings. The summed E-state index contributed by atoms with van der Waals surface area (Å²) in [4.78, 5) is 0. The zero-order valence-corrected chi connectivity index (χ0v) is 17.4. The average Bonchev–Trinajstić information content (AvgIpc) is 2.48. The van der Waals surface area contributed by atoms with E-state index in [1.165, 1.54) is 51.8 Å². The number of hydrogen-bond donors (Lipinski definition) is 1. The van der Waals surface area contributed by atoms with Gasteiger partial charge in [-0.2, -0.15) is 0 Å². The fourth-order valence-electron chi connectivity index (χ4n) is 2.79. The quantitative estimate of drug-likeness (QED) is 0.416. The Labute approximate surface area is 132 Å². The van der Waals surface area contributed by atoms with Crippen LogP contribution in [0.5, 0.6) is 0 Å². The molecule has 2 N–H and O–H groups in total. The summed E-state index contributed by atoms with van der Waals surface area (Å²) in [6.07, 6.45) is 9.32. The normalized spacial score (nSPS) is 13.7. The Bertz CT molecular complexity index is 189. The van der Waals surface area contributed by atoms with Crippen molar-refractivity contribution in [2.24, 2.45) is 5.73 Å². The van der Waals surface area contributed by atoms with Gasteiger partial charge in [0.1, 0.15) is 0 Å². The average molecular weight is 392 g/mol. The summed E-state index contributed by atoms with van der Waals surface area (Å²) in [5.41, 5.74) is 6.00. The molecule has 0 aromatic carbocycles. The molecule has 0 fully saturated rings. The van der Waals surface area contributed by atoms with Crippen LogP contribution in [0.15, 0.2) is 0 Å². The van der Waals surface area contributed by atoms with Crippen molar-refractivity contribution in [1.82, 2.24) is 0 Å². The first kappa shape index (κ1) is 20.7. The summed E-state index contributed by atoms with van der Waals surface area (Å²) in [5.74, 6) is 0. The van der Waals surface area contributed by atoms with Crippen molar-refractivity contribution < 1.29 is 4.74 Å². The molecule has 0 radical (unpaired) electrons. The van der Waals surface area contributed by atoms with E-state index in [1.807, 2.05) is 0 Å². The van der Waals surface area contributed by atoms with Crippen LogP contribution in [0.25, 0.3) is 0 Å². The van der Waals surface area contributed by atoms with Gasteiger partial charge in [0.05, 0.1) is 0 Å². The Hall–Kier alpha value is 0.719. The molecule has 0 bridgehead atoms. The Balaban J connectivity index is 4.49. The van der Waals surface area contributed by atoms with Gasteiger partial charge in [-0.05, 0) is 0 Å². The number of rotatable bonds is 14. The van der Waals surface area contributed by atoms with Gasteiger partial charge in [-0.1, -0.05) is 0 Å². The van der Waals surface area contributed by atoms with Gasteiger partial charge in [0.25, 0.3) is 0 Å². The van der Waals surface area contributed by atoms with E-state index in [-0.39, 0.29) is 6.04 Å². The summed E-state index contributed by atoms with van der Waals surface area (Å²) in [7, 11) is 0. The third-order valence-electron chi connectivity index (χ3n) is 4.45. The zero-order chi connectivity index (χ0) is 15.3. The van der Waals surface area contributed by atoms with Crippen LogP contribution in [0.3, 0.4) is 0 Å². The number of unbranched alkanes of at least 4 members (excludes halogenated alkanes) is 3. The van der Waals surface area contributed by atoms with Crippen molar-refractivity contribution in [3.63, 3.8) is 0 Å². The molecule has 1 atom stereocenters. The van der Waals surface area contributed by atoms with E-state index in [9.17, 15) is 0 Å². The van der Waals surface area contributed by atoms with Gasteiger partial charge < -0.3 is 0 Å². The van der Waals surface area contributed by atoms with Gasteiger partial charge in [-0.3, -0.25) is 0 Å². The molecule has 0 amide bonds. The predicted octanol–water partition coefficient (Wildman–Crippen LogP) is 5.13. The Kier molecular flexibility index (Phi) is 13.9. The molecule has 122 valence electrons. The van der Waals surface area contributed by atoms with Crippen LogP contribution >= 0.6 is 0 Å². The molecule has 0 aliphatic heterocycles. The van der Waals surface area contributed by atoms with Crippen molar-refractivity contribution in [1.29, 1.82) is 0 Å². The van der Waals surface area contributed by atoms with E-state index in [0.717, 1.165) is 17.7 Å². The molecule has 0 heterocycles. The third-order valence-corrected chi connectivity index (χ3v) is 18.9. The fraction of sp³-hybridized carbons (Fsp3) is 1.00. The Morgan fingerprint density at radius 3 is 1.65 bits per heavy atom. The van der Waals surface area contributed by atoms with Gasteiger partial charge in [-0.25, -0.2) is 0 Å². The maximum atomic E-state index is 6.11. The van der Waals surface area contributed by atoms with Crippen molar-refractivity contribution in [3.05, 3.63) is 0 Å². The van der Waals surface area contributed by atoms with Gasteiger partial charge >= 0.3 is 132 Å². The van der Waals surface area contributed by atoms with Crippen molar-refractivity contribution in [2.75, 3.05) is 11.2 Å². The summed E-state index contributed by atoms with van der Waals surface area (Å²) in [6.45, 7) is 9.90. The fourth-order valence-corrected chi connectivity index (χ4v) is 17.2. The number of hydrogen-bond acceptors (Lipinski definition) is 2. The van der Waals surface area contributed by atoms with Crippen LogP contribution in [0.1, 0.15) is 72.6 Å². The second-order valence-corrected chi connectivity index (χ2v) is 20.2. The first-order chi connectivity index (χ1) is 9.64. The number of ether oxygens (including phenoxy) is 1. The first-order valence-corrected chi connectivity index (χ1v) is 17.0. The topological polar surface area (TPSA) is 35.2 Å². The van der Waals surface area contributed by atoms with Crippen LogP contribution in [-0.4, -0.2) is 35.6 Å². The van der Waals surface area contributed by atoms with Gasteiger partial charge in [0.2, 0.25) is 0 Å². The SMILES string of the molecule is CCC[CH2][Sn]([CH2]CCC)([CH2]CCC)[CH2]OCC(N)CC. The Morgan fingerprint density at radius 1 is 0.850 bits per heavy atom. The van der Waals surface area contributed by atoms with E-state index in [0.29, 0.717) is 0 Å². The van der Waals surface area contributed by atoms with Gasteiger partial charge in [-0.15, -0.1) is 0 Å². The Morgan fingerprint density at radius 2 is 1.30 bits per heavy atom. The molecule has 0 rings (SSSR count). The van der Waals surface area contributed by atoms with E-state index >= 15 is 0 Å². The molecule has 1 unspecified atom stereocenters. The minimum absolute atomic E-state index is 0.238. The molecule has 0 aliphatic rings. The molecule has 3 heteroatoms. The second kappa shape index (κ2) is 13.4. The molecule has 20 heavy (non-hydrogen) atoms. The minimum atomic E-state index is -2.05. The molecule has 0 saturated carbocycles. The predicted molar refractivity (Wildman–Crippen MR) is 94.0 cm³/mol. The molecule has 2 nitrogen and oxygen atoms in total. The van der Waals surface area contributed by atoms with E-state index in [4.69, 9.17) is 10.5 Å². The van der Waals surface area contributed by atoms with Crippen molar-refractivity contribution >= 4 is 18.4 Å². The van der Waals surface area contributed by atoms with Gasteiger partial charge in [0.15, 0.2) is 0 Å². The van der Waals surface area contributed by atoms with Gasteiger partial charge in [0, 0.05) is 0 Å². The molecular weight excluding hydrogens is 353 g/mol. The molecule has 0 spiro atoms. The molecular formula is C17H39NOSn. The maximum absolute atomic E-state index is 6.11. The summed E-state index contributed by atoms with van der Waals surface area (Å²) < 4.78 is 11.8.